The highest BCUT2D eigenvalue weighted by Crippen LogP contribution is 2.36. The molecule has 0 unspecified atom stereocenters. The van der Waals surface area contributed by atoms with E-state index in [2.05, 4.69) is 64.4 Å². The molecule has 2 aromatic carbocycles. The van der Waals surface area contributed by atoms with Gasteiger partial charge in [0.05, 0.1) is 7.11 Å². The maximum atomic E-state index is 11.9. The number of hydrogen-bond acceptors (Lipinski definition) is 3. The van der Waals surface area contributed by atoms with Crippen LogP contribution in [0.3, 0.4) is 0 Å². The zero-order valence-corrected chi connectivity index (χ0v) is 16.7. The van der Waals surface area contributed by atoms with Crippen molar-refractivity contribution < 1.29 is 9.53 Å². The number of nitrogens with one attached hydrogen (secondary N) is 1. The van der Waals surface area contributed by atoms with Gasteiger partial charge < -0.3 is 14.6 Å². The molecule has 5 nitrogen and oxygen atoms in total. The molecule has 1 aliphatic heterocycles. The molecular weight excluding hydrogens is 350 g/mol. The van der Waals surface area contributed by atoms with Crippen molar-refractivity contribution >= 4 is 16.8 Å². The van der Waals surface area contributed by atoms with E-state index in [1.54, 1.807) is 14.0 Å². The monoisotopic (exact) mass is 377 g/mol. The van der Waals surface area contributed by atoms with E-state index in [4.69, 9.17) is 4.74 Å². The number of amides is 1. The summed E-state index contributed by atoms with van der Waals surface area (Å²) < 4.78 is 7.61. The molecule has 4 rings (SSSR count). The van der Waals surface area contributed by atoms with E-state index >= 15 is 0 Å². The summed E-state index contributed by atoms with van der Waals surface area (Å²) in [7, 11) is 3.77. The van der Waals surface area contributed by atoms with Gasteiger partial charge in [-0.3, -0.25) is 9.69 Å². The Morgan fingerprint density at radius 1 is 1.18 bits per heavy atom. The number of fused-ring (bicyclic) bond motifs is 1. The first kappa shape index (κ1) is 18.6. The molecule has 1 aliphatic rings. The lowest BCUT2D eigenvalue weighted by Gasteiger charge is -2.19. The molecule has 5 heteroatoms. The van der Waals surface area contributed by atoms with E-state index in [0.717, 1.165) is 25.4 Å². The van der Waals surface area contributed by atoms with Crippen molar-refractivity contribution in [2.75, 3.05) is 20.2 Å². The summed E-state index contributed by atoms with van der Waals surface area (Å²) in [4.78, 5) is 14.3. The molecule has 1 amide bonds. The van der Waals surface area contributed by atoms with E-state index in [1.807, 2.05) is 12.1 Å². The summed E-state index contributed by atoms with van der Waals surface area (Å²) in [5.41, 5.74) is 3.74. The normalized spacial score (nSPS) is 19.8. The minimum absolute atomic E-state index is 0.0226. The highest BCUT2D eigenvalue weighted by atomic mass is 16.5. The minimum Gasteiger partial charge on any atom is -0.497 e. The summed E-state index contributed by atoms with van der Waals surface area (Å²) in [6.07, 6.45) is 2.20. The van der Waals surface area contributed by atoms with Gasteiger partial charge in [-0.25, -0.2) is 0 Å². The highest BCUT2D eigenvalue weighted by Gasteiger charge is 2.36. The Balaban J connectivity index is 1.67. The molecule has 2 heterocycles. The Bertz CT molecular complexity index is 980. The standard InChI is InChI=1S/C23H27N3O2/c1-16(27)24-22-15-26(12-17-7-5-4-6-8-17)14-21(22)20-13-25(2)23-10-9-18(28-3)11-19(20)23/h4-11,13,21-22H,12,14-15H2,1-3H3,(H,24,27)/t21-,22+/m1/s1. The second-order valence-corrected chi connectivity index (χ2v) is 7.67. The Kier molecular flexibility index (Phi) is 5.09. The fraction of sp³-hybridized carbons (Fsp3) is 0.348. The SMILES string of the molecule is COc1ccc2c(c1)c([C@H]1CN(Cc3ccccc3)C[C@@H]1NC(C)=O)cn2C. The van der Waals surface area contributed by atoms with Crippen molar-refractivity contribution in [2.24, 2.45) is 7.05 Å². The van der Waals surface area contributed by atoms with Crippen LogP contribution in [-0.4, -0.2) is 41.6 Å². The van der Waals surface area contributed by atoms with Crippen molar-refractivity contribution in [1.82, 2.24) is 14.8 Å². The number of rotatable bonds is 5. The number of aromatic nitrogens is 1. The fourth-order valence-corrected chi connectivity index (χ4v) is 4.40. The van der Waals surface area contributed by atoms with Crippen LogP contribution in [-0.2, 0) is 18.4 Å². The van der Waals surface area contributed by atoms with Gasteiger partial charge in [-0.1, -0.05) is 30.3 Å². The molecule has 1 saturated heterocycles. The van der Waals surface area contributed by atoms with Crippen LogP contribution in [0.2, 0.25) is 0 Å². The van der Waals surface area contributed by atoms with Crippen molar-refractivity contribution in [3.8, 4) is 5.75 Å². The molecule has 28 heavy (non-hydrogen) atoms. The third-order valence-electron chi connectivity index (χ3n) is 5.66. The molecule has 0 bridgehead atoms. The summed E-state index contributed by atoms with van der Waals surface area (Å²) >= 11 is 0. The molecule has 0 saturated carbocycles. The number of likely N-dealkylation sites (tertiary alicyclic amines) is 1. The number of methoxy groups -OCH3 is 1. The Morgan fingerprint density at radius 2 is 1.96 bits per heavy atom. The smallest absolute Gasteiger partial charge is 0.217 e. The van der Waals surface area contributed by atoms with E-state index < -0.39 is 0 Å². The Morgan fingerprint density at radius 3 is 2.68 bits per heavy atom. The van der Waals surface area contributed by atoms with Crippen LogP contribution in [0, 0.1) is 0 Å². The number of nitrogens with zero attached hydrogens (tertiary/aromatic N) is 2. The largest absolute Gasteiger partial charge is 0.497 e. The number of carbonyl (C=O) groups is 1. The topological polar surface area (TPSA) is 46.5 Å². The molecule has 1 aromatic heterocycles. The lowest BCUT2D eigenvalue weighted by atomic mass is 9.93. The quantitative estimate of drug-likeness (QED) is 0.742. The van der Waals surface area contributed by atoms with Gasteiger partial charge in [-0.05, 0) is 29.3 Å². The van der Waals surface area contributed by atoms with Crippen molar-refractivity contribution in [2.45, 2.75) is 25.4 Å². The first-order chi connectivity index (χ1) is 13.5. The fourth-order valence-electron chi connectivity index (χ4n) is 4.40. The van der Waals surface area contributed by atoms with Gasteiger partial charge in [0.25, 0.3) is 0 Å². The van der Waals surface area contributed by atoms with Crippen molar-refractivity contribution in [3.63, 3.8) is 0 Å². The first-order valence-electron chi connectivity index (χ1n) is 9.71. The highest BCUT2D eigenvalue weighted by molar-refractivity contribution is 5.86. The molecule has 3 aromatic rings. The number of hydrogen-bond donors (Lipinski definition) is 1. The second-order valence-electron chi connectivity index (χ2n) is 7.67. The Labute approximate surface area is 165 Å². The van der Waals surface area contributed by atoms with Gasteiger partial charge >= 0.3 is 0 Å². The maximum Gasteiger partial charge on any atom is 0.217 e. The van der Waals surface area contributed by atoms with Crippen LogP contribution in [0.1, 0.15) is 24.0 Å². The molecule has 2 atom stereocenters. The Hall–Kier alpha value is -2.79. The summed E-state index contributed by atoms with van der Waals surface area (Å²) in [6, 6.07) is 16.8. The van der Waals surface area contributed by atoms with Crippen LogP contribution in [0.15, 0.2) is 54.7 Å². The van der Waals surface area contributed by atoms with Gasteiger partial charge in [0.2, 0.25) is 5.91 Å². The number of ether oxygens (including phenoxy) is 1. The van der Waals surface area contributed by atoms with Crippen LogP contribution in [0.25, 0.3) is 10.9 Å². The van der Waals surface area contributed by atoms with Crippen LogP contribution < -0.4 is 10.1 Å². The van der Waals surface area contributed by atoms with Gasteiger partial charge in [-0.15, -0.1) is 0 Å². The number of carbonyl (C=O) groups excluding carboxylic acids is 1. The van der Waals surface area contributed by atoms with Crippen molar-refractivity contribution in [3.05, 3.63) is 65.9 Å². The summed E-state index contributed by atoms with van der Waals surface area (Å²) in [5.74, 6) is 1.12. The van der Waals surface area contributed by atoms with E-state index in [1.165, 1.54) is 22.0 Å². The summed E-state index contributed by atoms with van der Waals surface area (Å²) in [5, 5.41) is 4.39. The molecule has 0 aliphatic carbocycles. The maximum absolute atomic E-state index is 11.9. The third-order valence-corrected chi connectivity index (χ3v) is 5.66. The molecule has 1 N–H and O–H groups in total. The van der Waals surface area contributed by atoms with E-state index in [-0.39, 0.29) is 17.9 Å². The number of benzene rings is 2. The average molecular weight is 377 g/mol. The molecule has 1 fully saturated rings. The lowest BCUT2D eigenvalue weighted by molar-refractivity contribution is -0.119. The number of aryl methyl sites for hydroxylation is 1. The zero-order chi connectivity index (χ0) is 19.7. The van der Waals surface area contributed by atoms with Crippen LogP contribution in [0.4, 0.5) is 0 Å². The predicted molar refractivity (Wildman–Crippen MR) is 112 cm³/mol. The molecule has 146 valence electrons. The van der Waals surface area contributed by atoms with Gasteiger partial charge in [0.15, 0.2) is 0 Å². The van der Waals surface area contributed by atoms with Gasteiger partial charge in [0.1, 0.15) is 5.75 Å². The lowest BCUT2D eigenvalue weighted by Crippen LogP contribution is -2.38. The van der Waals surface area contributed by atoms with Gasteiger partial charge in [-0.2, -0.15) is 0 Å². The molecule has 0 spiro atoms. The first-order valence-corrected chi connectivity index (χ1v) is 9.71. The van der Waals surface area contributed by atoms with E-state index in [9.17, 15) is 4.79 Å². The molecular formula is C23H27N3O2. The van der Waals surface area contributed by atoms with Crippen LogP contribution in [0.5, 0.6) is 5.75 Å². The molecule has 0 radical (unpaired) electrons. The predicted octanol–water partition coefficient (Wildman–Crippen LogP) is 3.29. The van der Waals surface area contributed by atoms with Crippen LogP contribution >= 0.6 is 0 Å². The zero-order valence-electron chi connectivity index (χ0n) is 16.7. The summed E-state index contributed by atoms with van der Waals surface area (Å²) in [6.45, 7) is 4.25. The van der Waals surface area contributed by atoms with Gasteiger partial charge in [0, 0.05) is 62.7 Å². The van der Waals surface area contributed by atoms with Crippen molar-refractivity contribution in [1.29, 1.82) is 0 Å². The second kappa shape index (κ2) is 7.68. The van der Waals surface area contributed by atoms with E-state index in [0.29, 0.717) is 0 Å². The minimum atomic E-state index is 0.0226. The third kappa shape index (κ3) is 3.62. The average Bonchev–Trinajstić information content (AvgIpc) is 3.22.